The van der Waals surface area contributed by atoms with Crippen LogP contribution < -0.4 is 10.1 Å². The Bertz CT molecular complexity index is 936. The normalized spacial score (nSPS) is 13.7. The Kier molecular flexibility index (Phi) is 8.21. The maximum absolute atomic E-state index is 12.9. The second-order valence-corrected chi connectivity index (χ2v) is 8.92. The second kappa shape index (κ2) is 11.1. The highest BCUT2D eigenvalue weighted by Gasteiger charge is 2.23. The number of nitrogens with zero attached hydrogens (tertiary/aromatic N) is 3. The van der Waals surface area contributed by atoms with Crippen LogP contribution in [0.4, 0.5) is 5.13 Å². The van der Waals surface area contributed by atoms with Crippen LogP contribution in [0.15, 0.2) is 29.6 Å². The van der Waals surface area contributed by atoms with Gasteiger partial charge in [-0.3, -0.25) is 14.4 Å². The Hall–Kier alpha value is -2.94. The van der Waals surface area contributed by atoms with E-state index < -0.39 is 0 Å². The van der Waals surface area contributed by atoms with Crippen molar-refractivity contribution < 1.29 is 19.1 Å². The molecule has 0 aliphatic carbocycles. The minimum Gasteiger partial charge on any atom is -0.497 e. The molecule has 0 bridgehead atoms. The lowest BCUT2D eigenvalue weighted by atomic mass is 10.1. The molecule has 9 heteroatoms. The van der Waals surface area contributed by atoms with Gasteiger partial charge in [0.1, 0.15) is 12.3 Å². The molecule has 32 heavy (non-hydrogen) atoms. The highest BCUT2D eigenvalue weighted by Crippen LogP contribution is 2.19. The SMILES string of the molecule is COc1ccc(C(=O)N(CC(=O)Nc2nc(CC(=O)N3CCCCC3)cs2)C(C)C)cc1. The van der Waals surface area contributed by atoms with E-state index in [1.165, 1.54) is 22.7 Å². The Morgan fingerprint density at radius 2 is 1.84 bits per heavy atom. The number of methoxy groups -OCH3 is 1. The maximum atomic E-state index is 12.9. The Morgan fingerprint density at radius 1 is 1.16 bits per heavy atom. The minimum absolute atomic E-state index is 0.0731. The molecule has 1 fully saturated rings. The van der Waals surface area contributed by atoms with E-state index in [9.17, 15) is 14.4 Å². The number of hydrogen-bond acceptors (Lipinski definition) is 6. The number of nitrogens with one attached hydrogen (secondary N) is 1. The Balaban J connectivity index is 1.57. The molecule has 1 aliphatic rings. The summed E-state index contributed by atoms with van der Waals surface area (Å²) < 4.78 is 5.13. The molecular formula is C23H30N4O4S. The first kappa shape index (κ1) is 23.7. The van der Waals surface area contributed by atoms with Gasteiger partial charge in [0.15, 0.2) is 5.13 Å². The average Bonchev–Trinajstić information content (AvgIpc) is 3.23. The number of piperidine rings is 1. The van der Waals surface area contributed by atoms with Gasteiger partial charge >= 0.3 is 0 Å². The van der Waals surface area contributed by atoms with E-state index in [0.717, 1.165) is 25.9 Å². The summed E-state index contributed by atoms with van der Waals surface area (Å²) in [5.41, 5.74) is 1.14. The molecule has 1 N–H and O–H groups in total. The van der Waals surface area contributed by atoms with E-state index in [4.69, 9.17) is 4.74 Å². The van der Waals surface area contributed by atoms with Gasteiger partial charge in [-0.1, -0.05) is 0 Å². The molecule has 0 radical (unpaired) electrons. The maximum Gasteiger partial charge on any atom is 0.254 e. The fraction of sp³-hybridized carbons (Fsp3) is 0.478. The van der Waals surface area contributed by atoms with E-state index in [1.807, 2.05) is 18.7 Å². The largest absolute Gasteiger partial charge is 0.497 e. The average molecular weight is 459 g/mol. The number of ether oxygens (including phenoxy) is 1. The Morgan fingerprint density at radius 3 is 2.47 bits per heavy atom. The zero-order valence-electron chi connectivity index (χ0n) is 18.8. The van der Waals surface area contributed by atoms with Crippen LogP contribution in [0.5, 0.6) is 5.75 Å². The summed E-state index contributed by atoms with van der Waals surface area (Å²) in [4.78, 5) is 45.7. The molecule has 0 saturated carbocycles. The van der Waals surface area contributed by atoms with E-state index in [1.54, 1.807) is 36.8 Å². The quantitative estimate of drug-likeness (QED) is 0.656. The fourth-order valence-corrected chi connectivity index (χ4v) is 4.28. The van der Waals surface area contributed by atoms with Gasteiger partial charge in [-0.15, -0.1) is 11.3 Å². The van der Waals surface area contributed by atoms with E-state index in [2.05, 4.69) is 10.3 Å². The summed E-state index contributed by atoms with van der Waals surface area (Å²) >= 11 is 1.28. The number of rotatable bonds is 8. The van der Waals surface area contributed by atoms with Gasteiger partial charge in [0.2, 0.25) is 11.8 Å². The molecule has 3 amide bonds. The third-order valence-corrected chi connectivity index (χ3v) is 6.18. The number of likely N-dealkylation sites (tertiary alicyclic amines) is 1. The van der Waals surface area contributed by atoms with Gasteiger partial charge in [0, 0.05) is 30.1 Å². The lowest BCUT2D eigenvalue weighted by Crippen LogP contribution is -2.42. The standard InChI is InChI=1S/C23H30N4O4S/c1-16(2)27(22(30)17-7-9-19(31-3)10-8-17)14-20(28)25-23-24-18(15-32-23)13-21(29)26-11-5-4-6-12-26/h7-10,15-16H,4-6,11-14H2,1-3H3,(H,24,25,28). The molecule has 0 atom stereocenters. The molecule has 0 unspecified atom stereocenters. The van der Waals surface area contributed by atoms with E-state index >= 15 is 0 Å². The zero-order valence-corrected chi connectivity index (χ0v) is 19.6. The number of hydrogen-bond donors (Lipinski definition) is 1. The molecule has 8 nitrogen and oxygen atoms in total. The summed E-state index contributed by atoms with van der Waals surface area (Å²) in [6.07, 6.45) is 3.50. The summed E-state index contributed by atoms with van der Waals surface area (Å²) in [7, 11) is 1.56. The van der Waals surface area contributed by atoms with Gasteiger partial charge in [0.05, 0.1) is 19.2 Å². The highest BCUT2D eigenvalue weighted by molar-refractivity contribution is 7.13. The number of carbonyl (C=O) groups is 3. The topological polar surface area (TPSA) is 91.8 Å². The van der Waals surface area contributed by atoms with Crippen molar-refractivity contribution in [2.24, 2.45) is 0 Å². The first-order valence-corrected chi connectivity index (χ1v) is 11.7. The van der Waals surface area contributed by atoms with Crippen LogP contribution >= 0.6 is 11.3 Å². The van der Waals surface area contributed by atoms with E-state index in [0.29, 0.717) is 22.1 Å². The number of thiazole rings is 1. The van der Waals surface area contributed by atoms with Gasteiger partial charge in [-0.25, -0.2) is 4.98 Å². The molecule has 1 saturated heterocycles. The minimum atomic E-state index is -0.330. The smallest absolute Gasteiger partial charge is 0.254 e. The zero-order chi connectivity index (χ0) is 23.1. The van der Waals surface area contributed by atoms with Crippen LogP contribution in [0.2, 0.25) is 0 Å². The molecule has 172 valence electrons. The lowest BCUT2D eigenvalue weighted by molar-refractivity contribution is -0.131. The number of amides is 3. The molecule has 0 spiro atoms. The Labute approximate surface area is 192 Å². The first-order valence-electron chi connectivity index (χ1n) is 10.8. The second-order valence-electron chi connectivity index (χ2n) is 8.07. The van der Waals surface area contributed by atoms with Crippen LogP contribution in [0, 0.1) is 0 Å². The predicted molar refractivity (Wildman–Crippen MR) is 124 cm³/mol. The van der Waals surface area contributed by atoms with Gasteiger partial charge < -0.3 is 19.9 Å². The number of anilines is 1. The molecule has 1 aromatic heterocycles. The van der Waals surface area contributed by atoms with Crippen LogP contribution in [0.1, 0.15) is 49.2 Å². The number of benzene rings is 1. The molecule has 1 aromatic carbocycles. The van der Waals surface area contributed by atoms with Crippen molar-refractivity contribution in [1.82, 2.24) is 14.8 Å². The van der Waals surface area contributed by atoms with Crippen LogP contribution in [0.25, 0.3) is 0 Å². The third-order valence-electron chi connectivity index (χ3n) is 5.37. The van der Waals surface area contributed by atoms with Crippen LogP contribution in [0.3, 0.4) is 0 Å². The molecular weight excluding hydrogens is 428 g/mol. The van der Waals surface area contributed by atoms with Crippen molar-refractivity contribution >= 4 is 34.2 Å². The van der Waals surface area contributed by atoms with Crippen LogP contribution in [-0.2, 0) is 16.0 Å². The van der Waals surface area contributed by atoms with Crippen molar-refractivity contribution in [2.45, 2.75) is 45.6 Å². The number of carbonyl (C=O) groups excluding carboxylic acids is 3. The highest BCUT2D eigenvalue weighted by atomic mass is 32.1. The van der Waals surface area contributed by atoms with Crippen LogP contribution in [-0.4, -0.2) is 65.3 Å². The van der Waals surface area contributed by atoms with Gasteiger partial charge in [0.25, 0.3) is 5.91 Å². The molecule has 3 rings (SSSR count). The summed E-state index contributed by atoms with van der Waals surface area (Å²) in [6, 6.07) is 6.63. The molecule has 2 heterocycles. The summed E-state index contributed by atoms with van der Waals surface area (Å²) in [5, 5.41) is 4.97. The van der Waals surface area contributed by atoms with Gasteiger partial charge in [-0.2, -0.15) is 0 Å². The van der Waals surface area contributed by atoms with Crippen molar-refractivity contribution in [1.29, 1.82) is 0 Å². The van der Waals surface area contributed by atoms with Crippen molar-refractivity contribution in [3.05, 3.63) is 40.9 Å². The summed E-state index contributed by atoms with van der Waals surface area (Å²) in [5.74, 6) is 0.172. The molecule has 2 aromatic rings. The monoisotopic (exact) mass is 458 g/mol. The fourth-order valence-electron chi connectivity index (χ4n) is 3.56. The number of aromatic nitrogens is 1. The van der Waals surface area contributed by atoms with Gasteiger partial charge in [-0.05, 0) is 57.4 Å². The van der Waals surface area contributed by atoms with Crippen molar-refractivity contribution in [3.8, 4) is 5.75 Å². The lowest BCUT2D eigenvalue weighted by Gasteiger charge is -2.26. The van der Waals surface area contributed by atoms with Crippen molar-refractivity contribution in [3.63, 3.8) is 0 Å². The first-order chi connectivity index (χ1) is 15.4. The summed E-state index contributed by atoms with van der Waals surface area (Å²) in [6.45, 7) is 5.24. The third kappa shape index (κ3) is 6.29. The van der Waals surface area contributed by atoms with Crippen molar-refractivity contribution in [2.75, 3.05) is 32.1 Å². The molecule has 1 aliphatic heterocycles. The predicted octanol–water partition coefficient (Wildman–Crippen LogP) is 3.20. The van der Waals surface area contributed by atoms with E-state index in [-0.39, 0.29) is 36.7 Å².